The standard InChI is InChI=1S/C10H13O/c1-3-9(2)11-10-7-5-4-6-8-10/h4-9H,1,3H2,2H3. The molecule has 0 aliphatic rings. The highest BCUT2D eigenvalue weighted by molar-refractivity contribution is 5.21. The third kappa shape index (κ3) is 2.62. The Labute approximate surface area is 68.0 Å². The van der Waals surface area contributed by atoms with Crippen molar-refractivity contribution >= 4 is 0 Å². The Bertz CT molecular complexity index is 193. The van der Waals surface area contributed by atoms with Crippen molar-refractivity contribution in [2.24, 2.45) is 0 Å². The molecule has 0 fully saturated rings. The van der Waals surface area contributed by atoms with Crippen LogP contribution in [0.15, 0.2) is 30.3 Å². The lowest BCUT2D eigenvalue weighted by molar-refractivity contribution is 0.224. The van der Waals surface area contributed by atoms with Gasteiger partial charge in [-0.15, -0.1) is 0 Å². The first-order valence-corrected chi connectivity index (χ1v) is 3.84. The van der Waals surface area contributed by atoms with Crippen LogP contribution in [-0.4, -0.2) is 6.10 Å². The van der Waals surface area contributed by atoms with Crippen LogP contribution in [0.25, 0.3) is 0 Å². The second-order valence-electron chi connectivity index (χ2n) is 2.53. The number of para-hydroxylation sites is 1. The molecule has 0 bridgehead atoms. The Morgan fingerprint density at radius 3 is 2.55 bits per heavy atom. The fraction of sp³-hybridized carbons (Fsp3) is 0.300. The molecule has 1 heteroatoms. The van der Waals surface area contributed by atoms with Crippen LogP contribution >= 0.6 is 0 Å². The van der Waals surface area contributed by atoms with Crippen molar-refractivity contribution in [1.29, 1.82) is 0 Å². The molecule has 0 N–H and O–H groups in total. The fourth-order valence-corrected chi connectivity index (χ4v) is 0.790. The zero-order valence-electron chi connectivity index (χ0n) is 6.79. The number of benzene rings is 1. The summed E-state index contributed by atoms with van der Waals surface area (Å²) < 4.78 is 5.50. The molecule has 1 aromatic rings. The van der Waals surface area contributed by atoms with Gasteiger partial charge in [0, 0.05) is 0 Å². The predicted octanol–water partition coefficient (Wildman–Crippen LogP) is 2.68. The van der Waals surface area contributed by atoms with E-state index in [1.54, 1.807) is 0 Å². The van der Waals surface area contributed by atoms with Gasteiger partial charge in [-0.25, -0.2) is 0 Å². The van der Waals surface area contributed by atoms with E-state index in [1.165, 1.54) is 0 Å². The monoisotopic (exact) mass is 149 g/mol. The summed E-state index contributed by atoms with van der Waals surface area (Å²) in [4.78, 5) is 0. The normalized spacial score (nSPS) is 12.5. The van der Waals surface area contributed by atoms with Crippen LogP contribution in [0.3, 0.4) is 0 Å². The topological polar surface area (TPSA) is 9.23 Å². The molecule has 0 aromatic heterocycles. The quantitative estimate of drug-likeness (QED) is 0.642. The lowest BCUT2D eigenvalue weighted by Gasteiger charge is -2.11. The molecule has 0 saturated carbocycles. The Morgan fingerprint density at radius 2 is 2.00 bits per heavy atom. The molecule has 0 heterocycles. The van der Waals surface area contributed by atoms with Crippen LogP contribution in [0.4, 0.5) is 0 Å². The van der Waals surface area contributed by atoms with Crippen molar-refractivity contribution in [3.05, 3.63) is 37.3 Å². The highest BCUT2D eigenvalue weighted by Crippen LogP contribution is 2.11. The zero-order valence-corrected chi connectivity index (χ0v) is 6.79. The van der Waals surface area contributed by atoms with E-state index < -0.39 is 0 Å². The van der Waals surface area contributed by atoms with E-state index in [9.17, 15) is 0 Å². The maximum atomic E-state index is 5.50. The molecular formula is C10H13O. The molecule has 0 amide bonds. The lowest BCUT2D eigenvalue weighted by Crippen LogP contribution is -2.09. The van der Waals surface area contributed by atoms with E-state index in [4.69, 9.17) is 4.74 Å². The summed E-state index contributed by atoms with van der Waals surface area (Å²) in [7, 11) is 0. The van der Waals surface area contributed by atoms with Gasteiger partial charge in [-0.1, -0.05) is 18.2 Å². The smallest absolute Gasteiger partial charge is 0.119 e. The number of hydrogen-bond donors (Lipinski definition) is 0. The lowest BCUT2D eigenvalue weighted by atomic mass is 10.3. The first-order valence-electron chi connectivity index (χ1n) is 3.84. The van der Waals surface area contributed by atoms with E-state index in [0.29, 0.717) is 0 Å². The average molecular weight is 149 g/mol. The molecule has 0 saturated heterocycles. The highest BCUT2D eigenvalue weighted by Gasteiger charge is 1.98. The molecule has 0 spiro atoms. The van der Waals surface area contributed by atoms with Crippen LogP contribution in [0.5, 0.6) is 5.75 Å². The summed E-state index contributed by atoms with van der Waals surface area (Å²) in [6, 6.07) is 9.80. The molecule has 1 radical (unpaired) electrons. The van der Waals surface area contributed by atoms with Gasteiger partial charge >= 0.3 is 0 Å². The van der Waals surface area contributed by atoms with Gasteiger partial charge in [-0.05, 0) is 32.4 Å². The number of rotatable bonds is 3. The van der Waals surface area contributed by atoms with Gasteiger partial charge in [0.25, 0.3) is 0 Å². The van der Waals surface area contributed by atoms with Crippen LogP contribution in [-0.2, 0) is 0 Å². The summed E-state index contributed by atoms with van der Waals surface area (Å²) >= 11 is 0. The minimum atomic E-state index is 0.206. The Hall–Kier alpha value is -0.980. The van der Waals surface area contributed by atoms with E-state index in [2.05, 4.69) is 6.92 Å². The number of ether oxygens (including phenoxy) is 1. The minimum absolute atomic E-state index is 0.206. The molecule has 0 aliphatic carbocycles. The molecule has 1 aromatic carbocycles. The summed E-state index contributed by atoms with van der Waals surface area (Å²) in [6.07, 6.45) is 1.01. The first kappa shape index (κ1) is 8.12. The van der Waals surface area contributed by atoms with Gasteiger partial charge in [0.15, 0.2) is 0 Å². The van der Waals surface area contributed by atoms with Crippen molar-refractivity contribution in [2.75, 3.05) is 0 Å². The first-order chi connectivity index (χ1) is 5.33. The van der Waals surface area contributed by atoms with Gasteiger partial charge in [0.1, 0.15) is 5.75 Å². The molecule has 0 aliphatic heterocycles. The van der Waals surface area contributed by atoms with E-state index in [1.807, 2.05) is 37.3 Å². The Balaban J connectivity index is 2.51. The van der Waals surface area contributed by atoms with Crippen LogP contribution < -0.4 is 4.74 Å². The maximum Gasteiger partial charge on any atom is 0.119 e. The van der Waals surface area contributed by atoms with Crippen molar-refractivity contribution in [3.8, 4) is 5.75 Å². The second-order valence-corrected chi connectivity index (χ2v) is 2.53. The van der Waals surface area contributed by atoms with Crippen molar-refractivity contribution in [1.82, 2.24) is 0 Å². The maximum absolute atomic E-state index is 5.50. The van der Waals surface area contributed by atoms with Gasteiger partial charge in [-0.2, -0.15) is 0 Å². The molecule has 1 nitrogen and oxygen atoms in total. The average Bonchev–Trinajstić information content (AvgIpc) is 2.06. The highest BCUT2D eigenvalue weighted by atomic mass is 16.5. The van der Waals surface area contributed by atoms with Gasteiger partial charge < -0.3 is 4.74 Å². The molecule has 11 heavy (non-hydrogen) atoms. The van der Waals surface area contributed by atoms with Gasteiger partial charge in [-0.3, -0.25) is 0 Å². The van der Waals surface area contributed by atoms with Crippen LogP contribution in [0.1, 0.15) is 13.3 Å². The SMILES string of the molecule is [CH2]CC(C)Oc1ccccc1. The third-order valence-electron chi connectivity index (χ3n) is 1.49. The largest absolute Gasteiger partial charge is 0.491 e. The molecular weight excluding hydrogens is 136 g/mol. The predicted molar refractivity (Wildman–Crippen MR) is 46.5 cm³/mol. The summed E-state index contributed by atoms with van der Waals surface area (Å²) in [5.74, 6) is 0.920. The Kier molecular flexibility index (Phi) is 2.96. The summed E-state index contributed by atoms with van der Waals surface area (Å²) in [5, 5.41) is 0. The summed E-state index contributed by atoms with van der Waals surface area (Å²) in [6.45, 7) is 5.77. The van der Waals surface area contributed by atoms with Crippen LogP contribution in [0, 0.1) is 6.92 Å². The van der Waals surface area contributed by atoms with Gasteiger partial charge in [0.05, 0.1) is 6.10 Å². The minimum Gasteiger partial charge on any atom is -0.491 e. The second kappa shape index (κ2) is 4.02. The van der Waals surface area contributed by atoms with Crippen molar-refractivity contribution < 1.29 is 4.74 Å². The Morgan fingerprint density at radius 1 is 1.36 bits per heavy atom. The summed E-state index contributed by atoms with van der Waals surface area (Å²) in [5.41, 5.74) is 0. The molecule has 1 rings (SSSR count). The van der Waals surface area contributed by atoms with E-state index >= 15 is 0 Å². The van der Waals surface area contributed by atoms with E-state index in [0.717, 1.165) is 12.2 Å². The van der Waals surface area contributed by atoms with E-state index in [-0.39, 0.29) is 6.10 Å². The zero-order chi connectivity index (χ0) is 8.10. The van der Waals surface area contributed by atoms with Crippen molar-refractivity contribution in [2.45, 2.75) is 19.4 Å². The molecule has 59 valence electrons. The number of hydrogen-bond acceptors (Lipinski definition) is 1. The third-order valence-corrected chi connectivity index (χ3v) is 1.49. The van der Waals surface area contributed by atoms with Crippen molar-refractivity contribution in [3.63, 3.8) is 0 Å². The van der Waals surface area contributed by atoms with Crippen LogP contribution in [0.2, 0.25) is 0 Å². The molecule has 1 atom stereocenters. The van der Waals surface area contributed by atoms with Gasteiger partial charge in [0.2, 0.25) is 0 Å². The fourth-order valence-electron chi connectivity index (χ4n) is 0.790. The molecule has 1 unspecified atom stereocenters.